The minimum absolute atomic E-state index is 0.0607. The normalized spacial score (nSPS) is 17.8. The molecule has 0 bridgehead atoms. The molecule has 4 N–H and O–H groups in total. The molecule has 1 spiro atoms. The van der Waals surface area contributed by atoms with Gasteiger partial charge in [0.2, 0.25) is 23.6 Å². The summed E-state index contributed by atoms with van der Waals surface area (Å²) in [5.41, 5.74) is 8.02. The molecule has 1 saturated carbocycles. The van der Waals surface area contributed by atoms with Crippen LogP contribution in [0.2, 0.25) is 0 Å². The Balaban J connectivity index is 0.606. The second kappa shape index (κ2) is 30.8. The van der Waals surface area contributed by atoms with Gasteiger partial charge in [0.05, 0.1) is 80.8 Å². The predicted molar refractivity (Wildman–Crippen MR) is 380 cm³/mol. The number of carbonyl (C=O) groups is 9. The van der Waals surface area contributed by atoms with Gasteiger partial charge in [0.1, 0.15) is 18.4 Å². The summed E-state index contributed by atoms with van der Waals surface area (Å²) in [4.78, 5) is 133. The zero-order chi connectivity index (χ0) is 71.9. The van der Waals surface area contributed by atoms with Gasteiger partial charge in [-0.05, 0) is 109 Å². The molecule has 0 radical (unpaired) electrons. The average molecular weight is 1380 g/mol. The predicted octanol–water partition coefficient (Wildman–Crippen LogP) is 10.2. The van der Waals surface area contributed by atoms with Crippen molar-refractivity contribution in [1.29, 1.82) is 0 Å². The highest BCUT2D eigenvalue weighted by Crippen LogP contribution is 2.57. The maximum atomic E-state index is 14.5. The molecule has 12 rings (SSSR count). The summed E-state index contributed by atoms with van der Waals surface area (Å²) in [6, 6.07) is 33.9. The van der Waals surface area contributed by atoms with E-state index in [0.717, 1.165) is 45.6 Å². The van der Waals surface area contributed by atoms with Gasteiger partial charge in [0.25, 0.3) is 11.8 Å². The van der Waals surface area contributed by atoms with Crippen LogP contribution in [0, 0.1) is 36.0 Å². The number of anilines is 3. The van der Waals surface area contributed by atoms with E-state index in [4.69, 9.17) is 28.7 Å². The number of ketones is 2. The Morgan fingerprint density at radius 1 is 0.725 bits per heavy atom. The molecule has 6 aromatic carbocycles. The summed E-state index contributed by atoms with van der Waals surface area (Å²) >= 11 is 0. The highest BCUT2D eigenvalue weighted by Gasteiger charge is 2.58. The number of carbonyl (C=O) groups excluding carboxylic acids is 9. The summed E-state index contributed by atoms with van der Waals surface area (Å²) in [6.45, 7) is 7.37. The Morgan fingerprint density at radius 2 is 1.40 bits per heavy atom. The third-order valence-corrected chi connectivity index (χ3v) is 19.6. The summed E-state index contributed by atoms with van der Waals surface area (Å²) in [5.74, 6) is 3.14. The Morgan fingerprint density at radius 3 is 2.12 bits per heavy atom. The van der Waals surface area contributed by atoms with Crippen molar-refractivity contribution in [3.05, 3.63) is 172 Å². The number of benzene rings is 6. The molecule has 102 heavy (non-hydrogen) atoms. The van der Waals surface area contributed by atoms with Crippen LogP contribution in [0.5, 0.6) is 23.0 Å². The lowest BCUT2D eigenvalue weighted by Gasteiger charge is -2.31. The monoisotopic (exact) mass is 1380 g/mol. The number of hydrogen-bond donors (Lipinski definition) is 4. The summed E-state index contributed by atoms with van der Waals surface area (Å²) in [6.07, 6.45) is 3.78. The second-order valence-corrected chi connectivity index (χ2v) is 27.1. The van der Waals surface area contributed by atoms with E-state index < -0.39 is 53.8 Å². The van der Waals surface area contributed by atoms with Crippen molar-refractivity contribution in [1.82, 2.24) is 20.4 Å². The number of aryl methyl sites for hydroxylation is 1. The van der Waals surface area contributed by atoms with E-state index in [1.807, 2.05) is 73.8 Å². The maximum absolute atomic E-state index is 14.5. The van der Waals surface area contributed by atoms with Crippen LogP contribution < -0.4 is 44.7 Å². The molecular weight excluding hydrogens is 1300 g/mol. The SMILES string of the molecule is COc1cc2c(cc1OCCCOc1cc3c(cc1OC)C(=O)N1CC4(CC4)C[C@H]1C(O)N3C(=O)OCc1ccc(NC(=O)[C@H](C)NC(=O)[C@@H](CC(=O)CNC(=O)CCC(=O)CCC(=O)N3Cc4ccccc4C#Cc4ccccc43)C(C)C)cc1)N=C[C@@H]1CC(c3ccc(C)cc3)=CN1C2=O. The first-order valence-corrected chi connectivity index (χ1v) is 34.5. The number of aliphatic hydroxyl groups excluding tert-OH is 1. The summed E-state index contributed by atoms with van der Waals surface area (Å²) < 4.78 is 29.8. The number of nitrogens with zero attached hydrogens (tertiary/aromatic N) is 5. The first kappa shape index (κ1) is 70.7. The van der Waals surface area contributed by atoms with Crippen LogP contribution in [0.15, 0.2) is 133 Å². The molecule has 528 valence electrons. The lowest BCUT2D eigenvalue weighted by Crippen LogP contribution is -2.50. The first-order chi connectivity index (χ1) is 49.2. The van der Waals surface area contributed by atoms with E-state index in [9.17, 15) is 48.3 Å². The Labute approximate surface area is 591 Å². The van der Waals surface area contributed by atoms with Gasteiger partial charge in [-0.1, -0.05) is 98.0 Å². The quantitative estimate of drug-likeness (QED) is 0.0290. The Bertz CT molecular complexity index is 4420. The third kappa shape index (κ3) is 15.9. The fraction of sp³-hybridized carbons (Fsp3) is 0.367. The van der Waals surface area contributed by atoms with Crippen LogP contribution in [0.1, 0.15) is 139 Å². The number of hydrogen-bond acceptors (Lipinski definition) is 16. The lowest BCUT2D eigenvalue weighted by molar-refractivity contribution is -0.133. The van der Waals surface area contributed by atoms with Crippen molar-refractivity contribution in [3.8, 4) is 34.8 Å². The van der Waals surface area contributed by atoms with E-state index in [1.165, 1.54) is 33.3 Å². The van der Waals surface area contributed by atoms with Crippen molar-refractivity contribution in [2.24, 2.45) is 22.2 Å². The fourth-order valence-electron chi connectivity index (χ4n) is 13.5. The van der Waals surface area contributed by atoms with E-state index in [-0.39, 0.29) is 129 Å². The molecule has 6 aliphatic rings. The fourth-order valence-corrected chi connectivity index (χ4v) is 13.5. The number of aliphatic hydroxyl groups is 1. The van der Waals surface area contributed by atoms with Gasteiger partial charge in [0, 0.05) is 98.8 Å². The Hall–Kier alpha value is -11.1. The van der Waals surface area contributed by atoms with Gasteiger partial charge in [-0.3, -0.25) is 43.3 Å². The molecular formula is C79H82N8O15. The van der Waals surface area contributed by atoms with Gasteiger partial charge in [-0.2, -0.15) is 0 Å². The number of aliphatic imine (C=N–C) groups is 1. The number of fused-ring (bicyclic) bond motifs is 6. The van der Waals surface area contributed by atoms with Crippen molar-refractivity contribution >= 4 is 87.6 Å². The van der Waals surface area contributed by atoms with Crippen molar-refractivity contribution < 1.29 is 71.9 Å². The Kier molecular flexibility index (Phi) is 21.3. The van der Waals surface area contributed by atoms with Crippen LogP contribution in [0.4, 0.5) is 27.5 Å². The molecule has 5 aliphatic heterocycles. The standard InChI is InChI=1S/C79H82N8O15/c1-47(2)60(35-59(89)42-81-71(90)28-26-58(88)27-29-72(91)85-43-54-14-8-7-12-51(54)22-23-53-13-9-10-15-64(53)85)74(93)82-49(4)73(92)83-56-24-18-50(19-25-56)45-102-78(97)87-65-39-70(68(99-6)37-62(65)76(95)86-46-79(30-31-79)40-66(86)77(87)96)101-33-11-32-100-69-38-63-61(36-67(69)98-5)75(94)84-44-55(34-57(84)41-80-63)52-20-16-48(3)17-21-52/h7-10,12-21,24-25,36-39,41,44,47,49,57,60,66,77,96H,11,26-35,40,42-43,45-46H2,1-6H3,(H,81,90)(H,82,93)(H,83,92)/t49-,57-,60-,66-,77?/m0/s1. The van der Waals surface area contributed by atoms with Crippen LogP contribution in [0.25, 0.3) is 5.57 Å². The number of ether oxygens (including phenoxy) is 5. The number of amides is 7. The minimum Gasteiger partial charge on any atom is -0.493 e. The molecule has 23 nitrogen and oxygen atoms in total. The largest absolute Gasteiger partial charge is 0.493 e. The lowest BCUT2D eigenvalue weighted by atomic mass is 9.89. The van der Waals surface area contributed by atoms with E-state index in [2.05, 4.69) is 39.9 Å². The van der Waals surface area contributed by atoms with Crippen LogP contribution in [0.3, 0.4) is 0 Å². The van der Waals surface area contributed by atoms with Gasteiger partial charge in [-0.15, -0.1) is 0 Å². The molecule has 1 saturated heterocycles. The summed E-state index contributed by atoms with van der Waals surface area (Å²) in [7, 11) is 2.94. The molecule has 1 aliphatic carbocycles. The van der Waals surface area contributed by atoms with E-state index >= 15 is 0 Å². The van der Waals surface area contributed by atoms with Gasteiger partial charge in [-0.25, -0.2) is 9.69 Å². The molecule has 1 unspecified atom stereocenters. The zero-order valence-corrected chi connectivity index (χ0v) is 57.9. The molecule has 23 heteroatoms. The van der Waals surface area contributed by atoms with Crippen LogP contribution >= 0.6 is 0 Å². The van der Waals surface area contributed by atoms with Crippen molar-refractivity contribution in [3.63, 3.8) is 0 Å². The van der Waals surface area contributed by atoms with E-state index in [0.29, 0.717) is 71.1 Å². The molecule has 5 atom stereocenters. The highest BCUT2D eigenvalue weighted by atomic mass is 16.6. The summed E-state index contributed by atoms with van der Waals surface area (Å²) in [5, 5.41) is 20.2. The first-order valence-electron chi connectivity index (χ1n) is 34.5. The number of methoxy groups -OCH3 is 2. The van der Waals surface area contributed by atoms with Crippen LogP contribution in [-0.2, 0) is 46.7 Å². The van der Waals surface area contributed by atoms with Crippen molar-refractivity contribution in [2.75, 3.05) is 55.6 Å². The smallest absolute Gasteiger partial charge is 0.416 e. The second-order valence-electron chi connectivity index (χ2n) is 27.1. The topological polar surface area (TPSA) is 281 Å². The van der Waals surface area contributed by atoms with Crippen molar-refractivity contribution in [2.45, 2.75) is 129 Å². The molecule has 7 amide bonds. The number of Topliss-reactive ketones (excluding diaryl/α,β-unsaturated/α-hetero) is 2. The number of nitrogens with one attached hydrogen (secondary N) is 3. The molecule has 6 aromatic rings. The van der Waals surface area contributed by atoms with Gasteiger partial charge < -0.3 is 59.4 Å². The average Bonchev–Trinajstić information content (AvgIpc) is 1.51. The van der Waals surface area contributed by atoms with Gasteiger partial charge >= 0.3 is 6.09 Å². The zero-order valence-electron chi connectivity index (χ0n) is 57.9. The van der Waals surface area contributed by atoms with E-state index in [1.54, 1.807) is 71.2 Å². The molecule has 0 aromatic heterocycles. The number of rotatable bonds is 26. The minimum atomic E-state index is -1.49. The molecule has 2 fully saturated rings. The van der Waals surface area contributed by atoms with Crippen LogP contribution in [-0.4, -0.2) is 139 Å². The maximum Gasteiger partial charge on any atom is 0.416 e. The van der Waals surface area contributed by atoms with Gasteiger partial charge in [0.15, 0.2) is 35.0 Å². The third-order valence-electron chi connectivity index (χ3n) is 19.6. The highest BCUT2D eigenvalue weighted by molar-refractivity contribution is 6.07. The number of para-hydroxylation sites is 1. The molecule has 5 heterocycles.